The van der Waals surface area contributed by atoms with Gasteiger partial charge in [-0.1, -0.05) is 18.2 Å². The van der Waals surface area contributed by atoms with E-state index in [0.29, 0.717) is 28.1 Å². The van der Waals surface area contributed by atoms with Crippen LogP contribution in [0.4, 0.5) is 14.6 Å². The molecule has 0 spiro atoms. The van der Waals surface area contributed by atoms with Crippen molar-refractivity contribution in [1.82, 2.24) is 29.8 Å². The van der Waals surface area contributed by atoms with Gasteiger partial charge < -0.3 is 15.2 Å². The SMILES string of the molecule is Cc1cccc2cc([C@H](C)Nc3ncnc4nc[nH]c34)nc(C(=O)N3CC(F)(F)C3)c12. The maximum Gasteiger partial charge on any atom is 0.282 e. The molecule has 1 fully saturated rings. The summed E-state index contributed by atoms with van der Waals surface area (Å²) in [4.78, 5) is 34.3. The summed E-state index contributed by atoms with van der Waals surface area (Å²) >= 11 is 0. The molecule has 31 heavy (non-hydrogen) atoms. The third-order valence-electron chi connectivity index (χ3n) is 5.44. The molecule has 1 amide bonds. The van der Waals surface area contributed by atoms with Gasteiger partial charge in [0.15, 0.2) is 11.5 Å². The number of hydrogen-bond acceptors (Lipinski definition) is 6. The van der Waals surface area contributed by atoms with Crippen molar-refractivity contribution >= 4 is 33.7 Å². The number of benzene rings is 1. The number of hydrogen-bond donors (Lipinski definition) is 2. The minimum atomic E-state index is -2.84. The Labute approximate surface area is 175 Å². The third kappa shape index (κ3) is 3.33. The number of H-pyrrole nitrogens is 1. The first-order valence-electron chi connectivity index (χ1n) is 9.80. The Balaban J connectivity index is 1.54. The van der Waals surface area contributed by atoms with E-state index in [4.69, 9.17) is 0 Å². The number of halogens is 2. The van der Waals surface area contributed by atoms with Crippen molar-refractivity contribution < 1.29 is 13.6 Å². The van der Waals surface area contributed by atoms with E-state index in [2.05, 4.69) is 30.2 Å². The largest absolute Gasteiger partial charge is 0.360 e. The van der Waals surface area contributed by atoms with Gasteiger partial charge in [-0.05, 0) is 30.9 Å². The van der Waals surface area contributed by atoms with Crippen LogP contribution in [0.25, 0.3) is 21.9 Å². The monoisotopic (exact) mass is 423 g/mol. The second-order valence-corrected chi connectivity index (χ2v) is 7.78. The Morgan fingerprint density at radius 1 is 1.26 bits per heavy atom. The third-order valence-corrected chi connectivity index (χ3v) is 5.44. The molecule has 0 unspecified atom stereocenters. The number of aryl methyl sites for hydroxylation is 1. The number of carbonyl (C=O) groups is 1. The minimum Gasteiger partial charge on any atom is -0.360 e. The van der Waals surface area contributed by atoms with E-state index < -0.39 is 24.9 Å². The molecule has 158 valence electrons. The highest BCUT2D eigenvalue weighted by Crippen LogP contribution is 2.32. The number of alkyl halides is 2. The highest BCUT2D eigenvalue weighted by Gasteiger charge is 2.47. The first-order valence-corrected chi connectivity index (χ1v) is 9.80. The maximum absolute atomic E-state index is 13.4. The van der Waals surface area contributed by atoms with Crippen LogP contribution < -0.4 is 5.32 Å². The molecule has 1 atom stereocenters. The fourth-order valence-electron chi connectivity index (χ4n) is 3.85. The average Bonchev–Trinajstić information content (AvgIpc) is 3.20. The number of rotatable bonds is 4. The lowest BCUT2D eigenvalue weighted by Crippen LogP contribution is -2.58. The Bertz CT molecular complexity index is 1310. The van der Waals surface area contributed by atoms with Crippen LogP contribution in [0.1, 0.15) is 34.7 Å². The molecule has 10 heteroatoms. The van der Waals surface area contributed by atoms with Gasteiger partial charge in [0.05, 0.1) is 31.2 Å². The number of fused-ring (bicyclic) bond motifs is 2. The van der Waals surface area contributed by atoms with Crippen molar-refractivity contribution in [3.8, 4) is 0 Å². The summed E-state index contributed by atoms with van der Waals surface area (Å²) in [6, 6.07) is 7.23. The van der Waals surface area contributed by atoms with E-state index in [-0.39, 0.29) is 11.7 Å². The average molecular weight is 423 g/mol. The van der Waals surface area contributed by atoms with Crippen LogP contribution in [0.5, 0.6) is 0 Å². The van der Waals surface area contributed by atoms with Gasteiger partial charge in [0.1, 0.15) is 17.5 Å². The highest BCUT2D eigenvalue weighted by atomic mass is 19.3. The molecule has 0 aliphatic carbocycles. The van der Waals surface area contributed by atoms with Crippen LogP contribution in [0.3, 0.4) is 0 Å². The van der Waals surface area contributed by atoms with E-state index in [9.17, 15) is 13.6 Å². The van der Waals surface area contributed by atoms with E-state index in [1.165, 1.54) is 12.7 Å². The van der Waals surface area contributed by atoms with Gasteiger partial charge in [0, 0.05) is 5.39 Å². The molecule has 1 aromatic carbocycles. The number of aromatic nitrogens is 5. The summed E-state index contributed by atoms with van der Waals surface area (Å²) in [7, 11) is 0. The molecule has 1 aliphatic rings. The molecule has 5 rings (SSSR count). The molecule has 1 saturated heterocycles. The maximum atomic E-state index is 13.4. The van der Waals surface area contributed by atoms with Crippen LogP contribution in [0.2, 0.25) is 0 Å². The number of imidazole rings is 1. The first kappa shape index (κ1) is 19.3. The van der Waals surface area contributed by atoms with Crippen LogP contribution in [-0.4, -0.2) is 54.7 Å². The Morgan fingerprint density at radius 3 is 2.84 bits per heavy atom. The number of likely N-dealkylation sites (tertiary alicyclic amines) is 1. The lowest BCUT2D eigenvalue weighted by atomic mass is 10.00. The number of pyridine rings is 1. The standard InChI is InChI=1S/C21H19F2N7O/c1-11-4-3-5-13-6-14(12(2)28-19-17-18(25-9-24-17)26-10-27-19)29-16(15(11)13)20(31)30-7-21(22,23)8-30/h3-6,9-10,12H,7-8H2,1-2H3,(H2,24,25,26,27,28)/t12-/m0/s1. The molecular weight excluding hydrogens is 404 g/mol. The Hall–Kier alpha value is -3.69. The van der Waals surface area contributed by atoms with Crippen LogP contribution in [0.15, 0.2) is 36.9 Å². The summed E-state index contributed by atoms with van der Waals surface area (Å²) in [5.74, 6) is -2.77. The van der Waals surface area contributed by atoms with Crippen molar-refractivity contribution in [3.05, 3.63) is 53.9 Å². The number of carbonyl (C=O) groups excluding carboxylic acids is 1. The molecule has 2 N–H and O–H groups in total. The summed E-state index contributed by atoms with van der Waals surface area (Å²) in [6.07, 6.45) is 2.94. The molecule has 4 aromatic rings. The molecule has 0 bridgehead atoms. The predicted octanol–water partition coefficient (Wildman–Crippen LogP) is 3.47. The van der Waals surface area contributed by atoms with Crippen molar-refractivity contribution in [3.63, 3.8) is 0 Å². The van der Waals surface area contributed by atoms with Gasteiger partial charge >= 0.3 is 0 Å². The molecule has 0 saturated carbocycles. The lowest BCUT2D eigenvalue weighted by Gasteiger charge is -2.38. The topological polar surface area (TPSA) is 99.7 Å². The fraction of sp³-hybridized carbons (Fsp3) is 0.286. The van der Waals surface area contributed by atoms with Crippen molar-refractivity contribution in [2.75, 3.05) is 18.4 Å². The fourth-order valence-corrected chi connectivity index (χ4v) is 3.85. The van der Waals surface area contributed by atoms with Gasteiger partial charge in [-0.2, -0.15) is 0 Å². The normalized spacial score (nSPS) is 16.3. The lowest BCUT2D eigenvalue weighted by molar-refractivity contribution is -0.113. The number of anilines is 1. The summed E-state index contributed by atoms with van der Waals surface area (Å²) in [5.41, 5.74) is 2.83. The minimum absolute atomic E-state index is 0.184. The van der Waals surface area contributed by atoms with Gasteiger partial charge in [-0.3, -0.25) is 4.79 Å². The molecular formula is C21H19F2N7O. The van der Waals surface area contributed by atoms with Gasteiger partial charge in [0.2, 0.25) is 0 Å². The van der Waals surface area contributed by atoms with Gasteiger partial charge in [0.25, 0.3) is 11.8 Å². The van der Waals surface area contributed by atoms with Crippen LogP contribution in [-0.2, 0) is 0 Å². The zero-order valence-electron chi connectivity index (χ0n) is 16.9. The highest BCUT2D eigenvalue weighted by molar-refractivity contribution is 6.07. The number of nitrogens with one attached hydrogen (secondary N) is 2. The Morgan fingerprint density at radius 2 is 2.06 bits per heavy atom. The predicted molar refractivity (Wildman–Crippen MR) is 111 cm³/mol. The molecule has 1 aliphatic heterocycles. The summed E-state index contributed by atoms with van der Waals surface area (Å²) in [5, 5.41) is 4.77. The van der Waals surface area contributed by atoms with Crippen molar-refractivity contribution in [2.45, 2.75) is 25.8 Å². The number of amides is 1. The quantitative estimate of drug-likeness (QED) is 0.521. The van der Waals surface area contributed by atoms with E-state index >= 15 is 0 Å². The second-order valence-electron chi connectivity index (χ2n) is 7.78. The summed E-state index contributed by atoms with van der Waals surface area (Å²) < 4.78 is 26.7. The number of aromatic amines is 1. The van der Waals surface area contributed by atoms with Gasteiger partial charge in [-0.15, -0.1) is 0 Å². The van der Waals surface area contributed by atoms with Crippen LogP contribution >= 0.6 is 0 Å². The zero-order valence-corrected chi connectivity index (χ0v) is 16.9. The van der Waals surface area contributed by atoms with E-state index in [1.54, 1.807) is 0 Å². The van der Waals surface area contributed by atoms with Crippen LogP contribution in [0, 0.1) is 6.92 Å². The molecule has 4 heterocycles. The van der Waals surface area contributed by atoms with Gasteiger partial charge in [-0.25, -0.2) is 28.7 Å². The first-order chi connectivity index (χ1) is 14.8. The molecule has 3 aromatic heterocycles. The number of nitrogens with zero attached hydrogens (tertiary/aromatic N) is 5. The zero-order chi connectivity index (χ0) is 21.8. The van der Waals surface area contributed by atoms with E-state index in [1.807, 2.05) is 38.1 Å². The van der Waals surface area contributed by atoms with E-state index in [0.717, 1.165) is 15.8 Å². The molecule has 8 nitrogen and oxygen atoms in total. The Kier molecular flexibility index (Phi) is 4.31. The summed E-state index contributed by atoms with van der Waals surface area (Å²) in [6.45, 7) is 2.60. The van der Waals surface area contributed by atoms with Crippen molar-refractivity contribution in [2.24, 2.45) is 0 Å². The molecule has 0 radical (unpaired) electrons. The van der Waals surface area contributed by atoms with Crippen molar-refractivity contribution in [1.29, 1.82) is 0 Å². The smallest absolute Gasteiger partial charge is 0.282 e. The second kappa shape index (κ2) is 6.93.